The Morgan fingerprint density at radius 2 is 2.06 bits per heavy atom. The molecular weight excluding hydrogens is 241 g/mol. The number of rotatable bonds is 6. The van der Waals surface area contributed by atoms with E-state index in [1.165, 1.54) is 0 Å². The number of hydrogen-bond acceptors (Lipinski definition) is 1. The summed E-state index contributed by atoms with van der Waals surface area (Å²) in [6.45, 7) is 4.15. The number of allylic oxidation sites excluding steroid dienone is 1. The second kappa shape index (κ2) is 7.72. The molecule has 88 valence electrons. The van der Waals surface area contributed by atoms with Gasteiger partial charge in [-0.25, -0.2) is 0 Å². The Morgan fingerprint density at radius 1 is 1.25 bits per heavy atom. The highest BCUT2D eigenvalue weighted by Gasteiger charge is 1.98. The zero-order valence-corrected chi connectivity index (χ0v) is 11.0. The first-order valence-electron chi connectivity index (χ1n) is 5.53. The fourth-order valence-corrected chi connectivity index (χ4v) is 1.78. The molecule has 0 aliphatic rings. The number of hydrogen-bond donors (Lipinski definition) is 1. The van der Waals surface area contributed by atoms with Crippen molar-refractivity contribution >= 4 is 23.2 Å². The van der Waals surface area contributed by atoms with E-state index in [2.05, 4.69) is 24.4 Å². The minimum Gasteiger partial charge on any atom is -0.317 e. The van der Waals surface area contributed by atoms with Crippen molar-refractivity contribution < 1.29 is 0 Å². The molecule has 0 aliphatic heterocycles. The lowest BCUT2D eigenvalue weighted by Crippen LogP contribution is -2.12. The molecule has 3 heteroatoms. The summed E-state index contributed by atoms with van der Waals surface area (Å²) >= 11 is 12.0. The molecule has 1 N–H and O–H groups in total. The third kappa shape index (κ3) is 5.02. The molecule has 0 heterocycles. The van der Waals surface area contributed by atoms with Crippen LogP contribution in [0.15, 0.2) is 30.4 Å². The van der Waals surface area contributed by atoms with E-state index < -0.39 is 0 Å². The molecule has 1 aromatic rings. The first-order valence-corrected chi connectivity index (χ1v) is 6.29. The largest absolute Gasteiger partial charge is 0.317 e. The molecule has 0 saturated heterocycles. The fourth-order valence-electron chi connectivity index (χ4n) is 1.39. The Balaban J connectivity index is 2.39. The maximum atomic E-state index is 6.05. The molecule has 1 aromatic carbocycles. The minimum atomic E-state index is 0.737. The van der Waals surface area contributed by atoms with Gasteiger partial charge in [0.05, 0.1) is 0 Å². The molecule has 16 heavy (non-hydrogen) atoms. The molecule has 0 radical (unpaired) electrons. The third-order valence-corrected chi connectivity index (χ3v) is 2.85. The van der Waals surface area contributed by atoms with Gasteiger partial charge in [-0.05, 0) is 49.7 Å². The predicted molar refractivity (Wildman–Crippen MR) is 72.5 cm³/mol. The smallest absolute Gasteiger partial charge is 0.0442 e. The van der Waals surface area contributed by atoms with E-state index in [1.807, 2.05) is 18.2 Å². The van der Waals surface area contributed by atoms with Gasteiger partial charge in [-0.15, -0.1) is 0 Å². The Labute approximate surface area is 107 Å². The molecule has 0 fully saturated rings. The van der Waals surface area contributed by atoms with Crippen molar-refractivity contribution in [3.63, 3.8) is 0 Å². The molecule has 0 aromatic heterocycles. The van der Waals surface area contributed by atoms with E-state index in [0.717, 1.165) is 41.5 Å². The van der Waals surface area contributed by atoms with E-state index in [0.29, 0.717) is 0 Å². The average Bonchev–Trinajstić information content (AvgIpc) is 2.28. The van der Waals surface area contributed by atoms with Crippen LogP contribution in [0.3, 0.4) is 0 Å². The predicted octanol–water partition coefficient (Wildman–Crippen LogP) is 4.09. The SMILES string of the molecule is CCNCCC=CCc1cc(Cl)ccc1Cl. The van der Waals surface area contributed by atoms with Gasteiger partial charge >= 0.3 is 0 Å². The van der Waals surface area contributed by atoms with Crippen molar-refractivity contribution in [2.45, 2.75) is 19.8 Å². The van der Waals surface area contributed by atoms with Crippen LogP contribution in [0.25, 0.3) is 0 Å². The minimum absolute atomic E-state index is 0.737. The fraction of sp³-hybridized carbons (Fsp3) is 0.385. The summed E-state index contributed by atoms with van der Waals surface area (Å²) in [5, 5.41) is 4.78. The third-order valence-electron chi connectivity index (χ3n) is 2.25. The van der Waals surface area contributed by atoms with Crippen LogP contribution in [0.1, 0.15) is 18.9 Å². The molecule has 1 rings (SSSR count). The highest BCUT2D eigenvalue weighted by molar-refractivity contribution is 6.33. The van der Waals surface area contributed by atoms with Crippen LogP contribution in [0.4, 0.5) is 0 Å². The lowest BCUT2D eigenvalue weighted by molar-refractivity contribution is 0.726. The van der Waals surface area contributed by atoms with Gasteiger partial charge in [-0.3, -0.25) is 0 Å². The van der Waals surface area contributed by atoms with Crippen LogP contribution >= 0.6 is 23.2 Å². The van der Waals surface area contributed by atoms with Crippen molar-refractivity contribution in [2.24, 2.45) is 0 Å². The van der Waals surface area contributed by atoms with Crippen LogP contribution < -0.4 is 5.32 Å². The van der Waals surface area contributed by atoms with Crippen molar-refractivity contribution in [1.82, 2.24) is 5.32 Å². The van der Waals surface area contributed by atoms with Crippen molar-refractivity contribution in [1.29, 1.82) is 0 Å². The van der Waals surface area contributed by atoms with Gasteiger partial charge in [0.1, 0.15) is 0 Å². The normalized spacial score (nSPS) is 11.2. The molecule has 0 unspecified atom stereocenters. The van der Waals surface area contributed by atoms with Crippen LogP contribution in [-0.2, 0) is 6.42 Å². The summed E-state index contributed by atoms with van der Waals surface area (Å²) in [6, 6.07) is 5.56. The number of halogens is 2. The Hall–Kier alpha value is -0.500. The van der Waals surface area contributed by atoms with Crippen molar-refractivity contribution in [2.75, 3.05) is 13.1 Å². The summed E-state index contributed by atoms with van der Waals surface area (Å²) in [5.41, 5.74) is 1.08. The topological polar surface area (TPSA) is 12.0 Å². The highest BCUT2D eigenvalue weighted by atomic mass is 35.5. The van der Waals surface area contributed by atoms with Crippen molar-refractivity contribution in [3.8, 4) is 0 Å². The molecule has 0 amide bonds. The first kappa shape index (κ1) is 13.6. The molecule has 1 nitrogen and oxygen atoms in total. The summed E-state index contributed by atoms with van der Waals surface area (Å²) in [4.78, 5) is 0. The second-order valence-corrected chi connectivity index (χ2v) is 4.40. The van der Waals surface area contributed by atoms with Gasteiger partial charge < -0.3 is 5.32 Å². The first-order chi connectivity index (χ1) is 7.74. The quantitative estimate of drug-likeness (QED) is 0.598. The lowest BCUT2D eigenvalue weighted by atomic mass is 10.1. The molecule has 0 spiro atoms. The summed E-state index contributed by atoms with van der Waals surface area (Å²) in [7, 11) is 0. The van der Waals surface area contributed by atoms with Crippen LogP contribution in [0.5, 0.6) is 0 Å². The molecule has 0 bridgehead atoms. The number of benzene rings is 1. The van der Waals surface area contributed by atoms with Gasteiger partial charge in [0.15, 0.2) is 0 Å². The molecule has 0 aliphatic carbocycles. The lowest BCUT2D eigenvalue weighted by Gasteiger charge is -2.01. The van der Waals surface area contributed by atoms with Gasteiger partial charge in [-0.1, -0.05) is 42.3 Å². The van der Waals surface area contributed by atoms with E-state index in [9.17, 15) is 0 Å². The van der Waals surface area contributed by atoms with Gasteiger partial charge in [0, 0.05) is 10.0 Å². The monoisotopic (exact) mass is 257 g/mol. The van der Waals surface area contributed by atoms with Gasteiger partial charge in [0.2, 0.25) is 0 Å². The zero-order chi connectivity index (χ0) is 11.8. The van der Waals surface area contributed by atoms with Gasteiger partial charge in [0.25, 0.3) is 0 Å². The average molecular weight is 258 g/mol. The zero-order valence-electron chi connectivity index (χ0n) is 9.47. The standard InChI is InChI=1S/C13H17Cl2N/c1-2-16-9-5-3-4-6-11-10-12(14)7-8-13(11)15/h3-4,7-8,10,16H,2,5-6,9H2,1H3. The van der Waals surface area contributed by atoms with E-state index >= 15 is 0 Å². The maximum Gasteiger partial charge on any atom is 0.0442 e. The van der Waals surface area contributed by atoms with Crippen LogP contribution in [-0.4, -0.2) is 13.1 Å². The Bertz CT molecular complexity index is 348. The molecule has 0 atom stereocenters. The molecular formula is C13H17Cl2N. The van der Waals surface area contributed by atoms with Crippen molar-refractivity contribution in [3.05, 3.63) is 46.0 Å². The Kier molecular flexibility index (Phi) is 6.55. The Morgan fingerprint density at radius 3 is 2.81 bits per heavy atom. The van der Waals surface area contributed by atoms with Crippen LogP contribution in [0, 0.1) is 0 Å². The number of nitrogens with one attached hydrogen (secondary N) is 1. The second-order valence-electron chi connectivity index (χ2n) is 3.55. The van der Waals surface area contributed by atoms with Gasteiger partial charge in [-0.2, -0.15) is 0 Å². The molecule has 0 saturated carbocycles. The van der Waals surface area contributed by atoms with E-state index in [1.54, 1.807) is 0 Å². The summed E-state index contributed by atoms with van der Waals surface area (Å²) in [5.74, 6) is 0. The van der Waals surface area contributed by atoms with Crippen LogP contribution in [0.2, 0.25) is 10.0 Å². The summed E-state index contributed by atoms with van der Waals surface area (Å²) < 4.78 is 0. The maximum absolute atomic E-state index is 6.05. The van der Waals surface area contributed by atoms with E-state index in [4.69, 9.17) is 23.2 Å². The summed E-state index contributed by atoms with van der Waals surface area (Å²) in [6.07, 6.45) is 6.19. The van der Waals surface area contributed by atoms with E-state index in [-0.39, 0.29) is 0 Å². The highest BCUT2D eigenvalue weighted by Crippen LogP contribution is 2.21.